The molecule has 1 fully saturated rings. The van der Waals surface area contributed by atoms with Crippen LogP contribution in [0.4, 0.5) is 0 Å². The molecule has 5 nitrogen and oxygen atoms in total. The first-order valence-electron chi connectivity index (χ1n) is 8.35. The minimum atomic E-state index is -0.116. The quantitative estimate of drug-likeness (QED) is 0.480. The number of thiocarbonyl (C=S) groups is 1. The second-order valence-electron chi connectivity index (χ2n) is 5.69. The first-order chi connectivity index (χ1) is 12.5. The van der Waals surface area contributed by atoms with Gasteiger partial charge in [0, 0.05) is 30.5 Å². The number of hydrogen-bond donors (Lipinski definition) is 1. The Labute approximate surface area is 171 Å². The number of rotatable bonds is 8. The molecule has 0 spiro atoms. The summed E-state index contributed by atoms with van der Waals surface area (Å²) >= 11 is 10.0. The van der Waals surface area contributed by atoms with Crippen LogP contribution in [-0.2, 0) is 9.59 Å². The molecule has 0 bridgehead atoms. The van der Waals surface area contributed by atoms with Gasteiger partial charge >= 0.3 is 0 Å². The molecule has 0 atom stereocenters. The van der Waals surface area contributed by atoms with Gasteiger partial charge in [-0.05, 0) is 37.1 Å². The summed E-state index contributed by atoms with van der Waals surface area (Å²) in [5, 5.41) is 8.98. The number of benzene rings is 1. The Morgan fingerprint density at radius 3 is 2.88 bits per heavy atom. The molecular formula is C18H21BrN2O3S2. The lowest BCUT2D eigenvalue weighted by Crippen LogP contribution is -2.34. The van der Waals surface area contributed by atoms with Crippen LogP contribution >= 0.6 is 39.9 Å². The molecular weight excluding hydrogens is 436 g/mol. The van der Waals surface area contributed by atoms with Crippen LogP contribution in [0.2, 0.25) is 0 Å². The van der Waals surface area contributed by atoms with Crippen molar-refractivity contribution >= 4 is 62.1 Å². The molecule has 8 heteroatoms. The van der Waals surface area contributed by atoms with Crippen molar-refractivity contribution in [2.45, 2.75) is 19.8 Å². The van der Waals surface area contributed by atoms with Crippen LogP contribution in [0.1, 0.15) is 25.3 Å². The Kier molecular flexibility index (Phi) is 8.27. The monoisotopic (exact) mass is 456 g/mol. The highest BCUT2D eigenvalue weighted by Crippen LogP contribution is 2.33. The van der Waals surface area contributed by atoms with E-state index in [1.807, 2.05) is 37.3 Å². The maximum absolute atomic E-state index is 12.6. The maximum atomic E-state index is 12.6. The number of nitrogens with zero attached hydrogens (tertiary/aromatic N) is 2. The van der Waals surface area contributed by atoms with Gasteiger partial charge < -0.3 is 10.0 Å². The van der Waals surface area contributed by atoms with Gasteiger partial charge in [0.2, 0.25) is 5.91 Å². The molecule has 0 radical (unpaired) electrons. The Hall–Kier alpha value is -1.22. The van der Waals surface area contributed by atoms with Crippen molar-refractivity contribution in [2.24, 2.45) is 0 Å². The molecule has 1 aliphatic heterocycles. The fraction of sp³-hybridized carbons (Fsp3) is 0.389. The van der Waals surface area contributed by atoms with Crippen molar-refractivity contribution in [1.29, 1.82) is 0 Å². The highest BCUT2D eigenvalue weighted by molar-refractivity contribution is 9.10. The van der Waals surface area contributed by atoms with Gasteiger partial charge in [-0.1, -0.05) is 52.0 Å². The lowest BCUT2D eigenvalue weighted by molar-refractivity contribution is -0.132. The van der Waals surface area contributed by atoms with Gasteiger partial charge in [0.15, 0.2) is 0 Å². The number of hydrogen-bond acceptors (Lipinski definition) is 5. The minimum absolute atomic E-state index is 0.0170. The lowest BCUT2D eigenvalue weighted by Gasteiger charge is -2.20. The highest BCUT2D eigenvalue weighted by Gasteiger charge is 2.31. The molecule has 0 unspecified atom stereocenters. The Morgan fingerprint density at radius 1 is 1.46 bits per heavy atom. The highest BCUT2D eigenvalue weighted by atomic mass is 79.9. The zero-order chi connectivity index (χ0) is 19.1. The molecule has 1 N–H and O–H groups in total. The van der Waals surface area contributed by atoms with Gasteiger partial charge in [-0.15, -0.1) is 0 Å². The first kappa shape index (κ1) is 21.1. The smallest absolute Gasteiger partial charge is 0.266 e. The SMILES string of the molecule is CCN(CCO)C(=O)CCCN1C(=O)C(=Cc2cccc(Br)c2)SC1=S. The average Bonchev–Trinajstić information content (AvgIpc) is 2.86. The number of carbonyl (C=O) groups is 2. The number of aliphatic hydroxyl groups excluding tert-OH is 1. The van der Waals surface area contributed by atoms with Gasteiger partial charge in [-0.3, -0.25) is 14.5 Å². The molecule has 2 amide bonds. The van der Waals surface area contributed by atoms with E-state index in [-0.39, 0.29) is 18.4 Å². The molecule has 0 aliphatic carbocycles. The van der Waals surface area contributed by atoms with Crippen LogP contribution in [0.25, 0.3) is 6.08 Å². The molecule has 1 aromatic rings. The van der Waals surface area contributed by atoms with Crippen LogP contribution in [0.3, 0.4) is 0 Å². The van der Waals surface area contributed by atoms with E-state index in [0.717, 1.165) is 10.0 Å². The summed E-state index contributed by atoms with van der Waals surface area (Å²) in [5.74, 6) is -0.133. The predicted molar refractivity (Wildman–Crippen MR) is 113 cm³/mol. The van der Waals surface area contributed by atoms with E-state index in [0.29, 0.717) is 41.7 Å². The van der Waals surface area contributed by atoms with Crippen molar-refractivity contribution in [3.05, 3.63) is 39.2 Å². The third kappa shape index (κ3) is 5.64. The number of halogens is 1. The van der Waals surface area contributed by atoms with Crippen LogP contribution in [0, 0.1) is 0 Å². The second kappa shape index (κ2) is 10.2. The molecule has 2 rings (SSSR count). The third-order valence-corrected chi connectivity index (χ3v) is 5.77. The summed E-state index contributed by atoms with van der Waals surface area (Å²) in [5.41, 5.74) is 0.928. The number of likely N-dealkylation sites (N-methyl/N-ethyl adjacent to an activating group) is 1. The van der Waals surface area contributed by atoms with Gasteiger partial charge in [0.25, 0.3) is 5.91 Å². The molecule has 0 saturated carbocycles. The minimum Gasteiger partial charge on any atom is -0.395 e. The van der Waals surface area contributed by atoms with Crippen molar-refractivity contribution in [1.82, 2.24) is 9.80 Å². The molecule has 26 heavy (non-hydrogen) atoms. The largest absolute Gasteiger partial charge is 0.395 e. The summed E-state index contributed by atoms with van der Waals surface area (Å²) in [6.07, 6.45) is 2.70. The van der Waals surface area contributed by atoms with Gasteiger partial charge in [0.1, 0.15) is 4.32 Å². The van der Waals surface area contributed by atoms with Crippen molar-refractivity contribution in [2.75, 3.05) is 26.2 Å². The van der Waals surface area contributed by atoms with E-state index in [1.54, 1.807) is 9.80 Å². The molecule has 0 aromatic heterocycles. The van der Waals surface area contributed by atoms with E-state index in [4.69, 9.17) is 17.3 Å². The fourth-order valence-corrected chi connectivity index (χ4v) is 4.29. The van der Waals surface area contributed by atoms with Gasteiger partial charge in [-0.2, -0.15) is 0 Å². The third-order valence-electron chi connectivity index (χ3n) is 3.90. The zero-order valence-corrected chi connectivity index (χ0v) is 17.7. The lowest BCUT2D eigenvalue weighted by atomic mass is 10.2. The Balaban J connectivity index is 1.94. The molecule has 1 saturated heterocycles. The Bertz CT molecular complexity index is 724. The molecule has 140 valence electrons. The predicted octanol–water partition coefficient (Wildman–Crippen LogP) is 3.27. The molecule has 1 aromatic carbocycles. The number of carbonyl (C=O) groups excluding carboxylic acids is 2. The normalized spacial score (nSPS) is 15.8. The topological polar surface area (TPSA) is 60.9 Å². The summed E-state index contributed by atoms with van der Waals surface area (Å²) in [6, 6.07) is 7.70. The van der Waals surface area contributed by atoms with E-state index in [1.165, 1.54) is 11.8 Å². The summed E-state index contributed by atoms with van der Waals surface area (Å²) in [6.45, 7) is 3.15. The number of thioether (sulfide) groups is 1. The van der Waals surface area contributed by atoms with Crippen LogP contribution < -0.4 is 0 Å². The Morgan fingerprint density at radius 2 is 2.23 bits per heavy atom. The van der Waals surface area contributed by atoms with E-state index in [2.05, 4.69) is 15.9 Å². The number of aliphatic hydroxyl groups is 1. The number of amides is 2. The average molecular weight is 457 g/mol. The van der Waals surface area contributed by atoms with Crippen LogP contribution in [0.5, 0.6) is 0 Å². The second-order valence-corrected chi connectivity index (χ2v) is 8.28. The van der Waals surface area contributed by atoms with Crippen LogP contribution in [0.15, 0.2) is 33.6 Å². The molecule has 1 aliphatic rings. The van der Waals surface area contributed by atoms with Crippen molar-refractivity contribution < 1.29 is 14.7 Å². The van der Waals surface area contributed by atoms with Gasteiger partial charge in [-0.25, -0.2) is 0 Å². The van der Waals surface area contributed by atoms with Crippen molar-refractivity contribution in [3.63, 3.8) is 0 Å². The van der Waals surface area contributed by atoms with E-state index < -0.39 is 0 Å². The van der Waals surface area contributed by atoms with Gasteiger partial charge in [0.05, 0.1) is 11.5 Å². The molecule has 1 heterocycles. The fourth-order valence-electron chi connectivity index (χ4n) is 2.57. The zero-order valence-electron chi connectivity index (χ0n) is 14.5. The first-order valence-corrected chi connectivity index (χ1v) is 10.4. The van der Waals surface area contributed by atoms with Crippen LogP contribution in [-0.4, -0.2) is 57.3 Å². The summed E-state index contributed by atoms with van der Waals surface area (Å²) < 4.78 is 1.47. The van der Waals surface area contributed by atoms with Crippen molar-refractivity contribution in [3.8, 4) is 0 Å². The summed E-state index contributed by atoms with van der Waals surface area (Å²) in [4.78, 5) is 28.4. The van der Waals surface area contributed by atoms with E-state index in [9.17, 15) is 9.59 Å². The standard InChI is InChI=1S/C18H21BrN2O3S2/c1-2-20(9-10-22)16(23)7-4-8-21-17(24)15(26-18(21)25)12-13-5-3-6-14(19)11-13/h3,5-6,11-12,22H,2,4,7-10H2,1H3. The van der Waals surface area contributed by atoms with E-state index >= 15 is 0 Å². The summed E-state index contributed by atoms with van der Waals surface area (Å²) in [7, 11) is 0. The maximum Gasteiger partial charge on any atom is 0.266 e.